The second-order valence-electron chi connectivity index (χ2n) is 31.1. The monoisotopic (exact) mass is 1790 g/mol. The van der Waals surface area contributed by atoms with Crippen LogP contribution in [0.5, 0.6) is 0 Å². The zero-order valence-electron chi connectivity index (χ0n) is 74.3. The maximum atomic E-state index is 14.5. The summed E-state index contributed by atoms with van der Waals surface area (Å²) in [7, 11) is 0. The first kappa shape index (κ1) is 108. The van der Waals surface area contributed by atoms with Crippen molar-refractivity contribution in [3.8, 4) is 17.1 Å². The molecule has 4 amide bonds. The molecule has 0 bridgehead atoms. The topological polar surface area (TPSA) is 393 Å². The number of aromatic nitrogens is 6. The minimum Gasteiger partial charge on any atom is -1.00 e. The molecule has 12 aromatic rings. The normalized spacial score (nSPS) is 11.1. The summed E-state index contributed by atoms with van der Waals surface area (Å²) in [5.74, 6) is -3.62. The molecule has 0 aliphatic carbocycles. The SMILES string of the molecule is C.CC(C)(C)OC(=O)OC(=O)OC(C)(C)C.Cc1cc(C(=O)Nc2cc(F)cc(C(O)c3ccccc3)c2)n(-c2cccc(CN)c2)n1.Cc1cc(C(=O)Nc2cc(F)cc(C(O)c3ccccc3)c2)n(-c2cccc(CNC(=O)OC(C)(C)C)c2)n1.Cl.NCCNCCN.[B].[C-]#[N+]c1cccc(-n2nc(C)cc2C(=O)Nc2cc(F)cc(C(=O)c3ccccc3)c2)c1.[H-].[Na+]. The fourth-order valence-electron chi connectivity index (χ4n) is 11.8. The first-order valence-electron chi connectivity index (χ1n) is 39.5. The molecule has 0 aliphatic heterocycles. The molecule has 28 nitrogen and oxygen atoms in total. The first-order valence-corrected chi connectivity index (χ1v) is 39.5. The molecule has 3 heterocycles. The molecule has 129 heavy (non-hydrogen) atoms. The number of carbonyl (C=O) groups is 7. The molecular weight excluding hydrogens is 1690 g/mol. The van der Waals surface area contributed by atoms with E-state index in [9.17, 15) is 56.9 Å². The Labute approximate surface area is 780 Å². The Kier molecular flexibility index (Phi) is 43.0. The number of anilines is 3. The molecule has 0 aliphatic rings. The molecular formula is C95H108BClF3N15NaO13. The van der Waals surface area contributed by atoms with Crippen molar-refractivity contribution in [1.29, 1.82) is 0 Å². The fraction of sp³-hybridized carbons (Fsp3) is 0.253. The van der Waals surface area contributed by atoms with E-state index < -0.39 is 82.6 Å². The molecule has 0 saturated heterocycles. The summed E-state index contributed by atoms with van der Waals surface area (Å²) in [6.45, 7) is 31.6. The van der Waals surface area contributed by atoms with Gasteiger partial charge in [0.1, 0.15) is 63.5 Å². The number of aliphatic hydroxyl groups is 2. The fourth-order valence-corrected chi connectivity index (χ4v) is 11.8. The van der Waals surface area contributed by atoms with Crippen molar-refractivity contribution in [2.24, 2.45) is 17.2 Å². The molecule has 2 unspecified atom stereocenters. The van der Waals surface area contributed by atoms with Crippen LogP contribution >= 0.6 is 12.4 Å². The Bertz CT molecular complexity index is 5740. The first-order chi connectivity index (χ1) is 59.3. The summed E-state index contributed by atoms with van der Waals surface area (Å²) >= 11 is 0. The van der Waals surface area contributed by atoms with E-state index in [2.05, 4.69) is 51.5 Å². The number of aliphatic hydroxyl groups excluding tert-OH is 2. The van der Waals surface area contributed by atoms with Crippen LogP contribution in [0, 0.1) is 44.8 Å². The van der Waals surface area contributed by atoms with Gasteiger partial charge >= 0.3 is 48.0 Å². The van der Waals surface area contributed by atoms with Gasteiger partial charge in [-0.15, -0.1) is 12.4 Å². The molecule has 0 spiro atoms. The molecule has 3 aromatic heterocycles. The molecule has 12 rings (SSSR count). The van der Waals surface area contributed by atoms with Crippen molar-refractivity contribution in [2.45, 2.75) is 133 Å². The number of halogens is 4. The smallest absolute Gasteiger partial charge is 1.00 e. The summed E-state index contributed by atoms with van der Waals surface area (Å²) in [6.07, 6.45) is -4.72. The van der Waals surface area contributed by atoms with Crippen LogP contribution in [0.25, 0.3) is 21.9 Å². The van der Waals surface area contributed by atoms with Crippen molar-refractivity contribution in [3.05, 3.63) is 344 Å². The number of ether oxygens (including phenoxy) is 4. The van der Waals surface area contributed by atoms with E-state index in [0.29, 0.717) is 93.0 Å². The second-order valence-corrected chi connectivity index (χ2v) is 31.1. The number of amides is 4. The molecule has 0 fully saturated rings. The Morgan fingerprint density at radius 3 is 1.21 bits per heavy atom. The number of hydrogen-bond donors (Lipinski definition) is 10. The number of aryl methyl sites for hydroxylation is 3. The predicted molar refractivity (Wildman–Crippen MR) is 491 cm³/mol. The van der Waals surface area contributed by atoms with Gasteiger partial charge in [0.2, 0.25) is 0 Å². The van der Waals surface area contributed by atoms with Crippen LogP contribution in [0.15, 0.2) is 237 Å². The third-order valence-electron chi connectivity index (χ3n) is 17.0. The van der Waals surface area contributed by atoms with Crippen LogP contribution in [0.2, 0.25) is 0 Å². The Morgan fingerprint density at radius 1 is 0.457 bits per heavy atom. The van der Waals surface area contributed by atoms with E-state index in [4.69, 9.17) is 38.0 Å². The van der Waals surface area contributed by atoms with E-state index in [1.165, 1.54) is 50.4 Å². The van der Waals surface area contributed by atoms with Crippen LogP contribution < -0.4 is 73.3 Å². The molecule has 2 atom stereocenters. The molecule has 0 saturated carbocycles. The summed E-state index contributed by atoms with van der Waals surface area (Å²) in [5.41, 5.74) is 23.7. The van der Waals surface area contributed by atoms with E-state index in [-0.39, 0.29) is 106 Å². The summed E-state index contributed by atoms with van der Waals surface area (Å²) in [5, 5.41) is 48.4. The molecule has 9 aromatic carbocycles. The van der Waals surface area contributed by atoms with Crippen molar-refractivity contribution >= 4 is 85.5 Å². The number of alkyl carbamates (subject to hydrolysis) is 1. The van der Waals surface area contributed by atoms with Crippen LogP contribution in [-0.2, 0) is 32.0 Å². The number of nitrogens with two attached hydrogens (primary N) is 3. The quantitative estimate of drug-likeness (QED) is 0.00573. The van der Waals surface area contributed by atoms with Gasteiger partial charge in [-0.25, -0.2) is 46.4 Å². The average molecular weight is 1790 g/mol. The Balaban J connectivity index is 0.000000444. The number of nitrogens with zero attached hydrogens (tertiary/aromatic N) is 7. The van der Waals surface area contributed by atoms with Gasteiger partial charge in [0.25, 0.3) is 17.7 Å². The average Bonchev–Trinajstić information content (AvgIpc) is 1.61. The summed E-state index contributed by atoms with van der Waals surface area (Å²) in [4.78, 5) is 89.5. The molecule has 13 N–H and O–H groups in total. The maximum Gasteiger partial charge on any atom is 1.00 e. The predicted octanol–water partition coefficient (Wildman–Crippen LogP) is 14.3. The van der Waals surface area contributed by atoms with Crippen molar-refractivity contribution in [3.63, 3.8) is 0 Å². The zero-order chi connectivity index (χ0) is 91.3. The second kappa shape index (κ2) is 51.2. The van der Waals surface area contributed by atoms with Gasteiger partial charge in [0.15, 0.2) is 11.5 Å². The van der Waals surface area contributed by atoms with E-state index in [1.807, 2.05) is 42.5 Å². The van der Waals surface area contributed by atoms with E-state index in [1.54, 1.807) is 229 Å². The number of benzene rings is 9. The number of ketones is 1. The molecule has 34 heteroatoms. The third-order valence-corrected chi connectivity index (χ3v) is 17.0. The van der Waals surface area contributed by atoms with Crippen LogP contribution in [0.3, 0.4) is 0 Å². The third kappa shape index (κ3) is 35.0. The summed E-state index contributed by atoms with van der Waals surface area (Å²) < 4.78 is 66.5. The van der Waals surface area contributed by atoms with Gasteiger partial charge in [0.05, 0.1) is 40.7 Å². The van der Waals surface area contributed by atoms with Crippen molar-refractivity contribution in [1.82, 2.24) is 40.0 Å². The van der Waals surface area contributed by atoms with E-state index >= 15 is 0 Å². The van der Waals surface area contributed by atoms with Gasteiger partial charge in [-0.1, -0.05) is 135 Å². The maximum absolute atomic E-state index is 14.5. The van der Waals surface area contributed by atoms with Gasteiger partial charge < -0.3 is 74.4 Å². The van der Waals surface area contributed by atoms with Gasteiger partial charge in [-0.2, -0.15) is 15.3 Å². The minimum absolute atomic E-state index is 0. The van der Waals surface area contributed by atoms with Crippen LogP contribution in [-0.4, -0.2) is 133 Å². The number of carbonyl (C=O) groups excluding carboxylic acids is 7. The number of rotatable bonds is 22. The van der Waals surface area contributed by atoms with Crippen LogP contribution in [0.1, 0.15) is 181 Å². The zero-order valence-corrected chi connectivity index (χ0v) is 76.1. The molecule has 673 valence electrons. The Hall–Kier alpha value is -12.9. The van der Waals surface area contributed by atoms with Crippen molar-refractivity contribution in [2.75, 3.05) is 42.1 Å². The summed E-state index contributed by atoms with van der Waals surface area (Å²) in [6, 6.07) is 64.3. The standard InChI is InChI=1S/C30H31FN4O4.C25H17FN4O2.C25H23FN4O2.C10H18O5.C4H13N3.CH4.B.ClH.Na.H/c1-19-13-26(35(34-19)25-12-8-9-20(14-25)18-32-29(38)39-30(2,3)4)28(37)33-24-16-22(15-23(31)17-24)27(36)21-10-6-5-7-11-21;1-16-11-23(30(29-16)22-10-6-9-20(15-22)27-2)25(32)28-21-13-18(12-19(26)14-21)24(31)17-7-4-3-5-8-17;1-16-10-23(30(29-16)22-9-5-6-17(11-22)15-27)25(32)28-21-13-19(12-20(26)14-21)24(31)18-7-3-2-4-8-18;1-9(2,3)14-7(11)13-8(12)15-10(4,5)6;5-1-3-7-4-2-6;;;;;/h5-17,27,36H,18H2,1-4H3,(H,32,38)(H,33,37);3-15H,1H3,(H,28,32);2-14,24,31H,15,27H2,1H3,(H,28,32);1-6H3;7H,1-6H2;1H4;;1H;;/q;;;;;;;;+1;-1. The van der Waals surface area contributed by atoms with Gasteiger partial charge in [0, 0.05) is 75.9 Å². The van der Waals surface area contributed by atoms with E-state index in [0.717, 1.165) is 36.3 Å². The number of hydrogen-bond acceptors (Lipinski definition) is 20. The Morgan fingerprint density at radius 2 is 0.822 bits per heavy atom. The van der Waals surface area contributed by atoms with Gasteiger partial charge in [-0.05, 0) is 226 Å². The largest absolute Gasteiger partial charge is 1.00 e. The van der Waals surface area contributed by atoms with Gasteiger partial charge in [-0.3, -0.25) is 19.2 Å². The van der Waals surface area contributed by atoms with Crippen molar-refractivity contribution < 1.29 is 107 Å². The number of nitrogens with one attached hydrogen (secondary N) is 5. The molecule has 3 radical (unpaired) electrons. The minimum atomic E-state index is -1.06. The van der Waals surface area contributed by atoms with Crippen LogP contribution in [0.4, 0.5) is 50.3 Å².